The van der Waals surface area contributed by atoms with E-state index in [1.165, 1.54) is 19.3 Å². The molecule has 0 saturated carbocycles. The highest BCUT2D eigenvalue weighted by Gasteiger charge is 2.27. The zero-order valence-electron chi connectivity index (χ0n) is 14.7. The molecule has 24 heavy (non-hydrogen) atoms. The molecular formula is C17H29N5O2. The van der Waals surface area contributed by atoms with Crippen LogP contribution in [-0.4, -0.2) is 68.4 Å². The lowest BCUT2D eigenvalue weighted by Crippen LogP contribution is -2.38. The van der Waals surface area contributed by atoms with E-state index in [0.29, 0.717) is 5.92 Å². The lowest BCUT2D eigenvalue weighted by Gasteiger charge is -2.31. The molecule has 0 atom stereocenters. The SMILES string of the molecule is Cn1c(CN2CCCCC2)nnc1C1CCN(C(=O)CCO)CC1. The van der Waals surface area contributed by atoms with Gasteiger partial charge in [-0.2, -0.15) is 0 Å². The molecule has 3 heterocycles. The highest BCUT2D eigenvalue weighted by Crippen LogP contribution is 2.27. The standard InChI is InChI=1S/C17H29N5O2/c1-20-15(13-21-8-3-2-4-9-21)18-19-17(20)14-5-10-22(11-6-14)16(24)7-12-23/h14,23H,2-13H2,1H3. The molecule has 0 aliphatic carbocycles. The van der Waals surface area contributed by atoms with Crippen molar-refractivity contribution in [3.63, 3.8) is 0 Å². The fourth-order valence-corrected chi connectivity index (χ4v) is 3.83. The Morgan fingerprint density at radius 3 is 2.50 bits per heavy atom. The Morgan fingerprint density at radius 2 is 1.83 bits per heavy atom. The van der Waals surface area contributed by atoms with Gasteiger partial charge in [0, 0.05) is 32.5 Å². The molecule has 0 aromatic carbocycles. The monoisotopic (exact) mass is 335 g/mol. The van der Waals surface area contributed by atoms with Crippen LogP contribution in [0.4, 0.5) is 0 Å². The summed E-state index contributed by atoms with van der Waals surface area (Å²) in [5, 5.41) is 17.8. The maximum atomic E-state index is 11.9. The summed E-state index contributed by atoms with van der Waals surface area (Å²) in [6, 6.07) is 0. The number of amides is 1. The average molecular weight is 335 g/mol. The molecule has 134 valence electrons. The van der Waals surface area contributed by atoms with Gasteiger partial charge in [0.15, 0.2) is 0 Å². The Morgan fingerprint density at radius 1 is 1.12 bits per heavy atom. The summed E-state index contributed by atoms with van der Waals surface area (Å²) < 4.78 is 2.16. The minimum absolute atomic E-state index is 0.0553. The van der Waals surface area contributed by atoms with Crippen LogP contribution in [0.3, 0.4) is 0 Å². The van der Waals surface area contributed by atoms with Crippen molar-refractivity contribution in [2.24, 2.45) is 7.05 Å². The molecule has 7 nitrogen and oxygen atoms in total. The summed E-state index contributed by atoms with van der Waals surface area (Å²) in [6.07, 6.45) is 5.98. The summed E-state index contributed by atoms with van der Waals surface area (Å²) in [4.78, 5) is 16.2. The number of aromatic nitrogens is 3. The summed E-state index contributed by atoms with van der Waals surface area (Å²) in [7, 11) is 2.07. The van der Waals surface area contributed by atoms with E-state index in [-0.39, 0.29) is 18.9 Å². The molecule has 7 heteroatoms. The van der Waals surface area contributed by atoms with E-state index in [0.717, 1.165) is 57.2 Å². The first-order valence-electron chi connectivity index (χ1n) is 9.18. The summed E-state index contributed by atoms with van der Waals surface area (Å²) >= 11 is 0. The molecular weight excluding hydrogens is 306 g/mol. The quantitative estimate of drug-likeness (QED) is 0.865. The third kappa shape index (κ3) is 3.95. The zero-order valence-corrected chi connectivity index (χ0v) is 14.7. The highest BCUT2D eigenvalue weighted by molar-refractivity contribution is 5.76. The van der Waals surface area contributed by atoms with E-state index in [9.17, 15) is 4.79 Å². The third-order valence-corrected chi connectivity index (χ3v) is 5.35. The summed E-state index contributed by atoms with van der Waals surface area (Å²) in [5.74, 6) is 2.53. The molecule has 2 fully saturated rings. The molecule has 2 saturated heterocycles. The van der Waals surface area contributed by atoms with Gasteiger partial charge in [-0.25, -0.2) is 0 Å². The first-order chi connectivity index (χ1) is 11.7. The number of rotatable bonds is 5. The van der Waals surface area contributed by atoms with Crippen molar-refractivity contribution in [2.45, 2.75) is 51.0 Å². The van der Waals surface area contributed by atoms with Crippen LogP contribution in [-0.2, 0) is 18.4 Å². The first-order valence-corrected chi connectivity index (χ1v) is 9.18. The lowest BCUT2D eigenvalue weighted by molar-refractivity contribution is -0.132. The summed E-state index contributed by atoms with van der Waals surface area (Å²) in [5.41, 5.74) is 0. The van der Waals surface area contributed by atoms with Crippen LogP contribution in [0, 0.1) is 0 Å². The van der Waals surface area contributed by atoms with E-state index in [1.54, 1.807) is 0 Å². The Hall–Kier alpha value is -1.47. The normalized spacial score (nSPS) is 20.5. The zero-order chi connectivity index (χ0) is 16.9. The van der Waals surface area contributed by atoms with Gasteiger partial charge in [0.1, 0.15) is 11.6 Å². The predicted molar refractivity (Wildman–Crippen MR) is 90.4 cm³/mol. The van der Waals surface area contributed by atoms with Crippen molar-refractivity contribution < 1.29 is 9.90 Å². The second kappa shape index (κ2) is 8.07. The molecule has 1 amide bonds. The first kappa shape index (κ1) is 17.4. The lowest BCUT2D eigenvalue weighted by atomic mass is 9.95. The van der Waals surface area contributed by atoms with E-state index >= 15 is 0 Å². The Bertz CT molecular complexity index is 545. The molecule has 1 aromatic rings. The Kier molecular flexibility index (Phi) is 5.84. The van der Waals surface area contributed by atoms with Crippen LogP contribution in [0.15, 0.2) is 0 Å². The number of hydrogen-bond acceptors (Lipinski definition) is 5. The number of piperidine rings is 2. The predicted octanol–water partition coefficient (Wildman–Crippen LogP) is 0.889. The van der Waals surface area contributed by atoms with Gasteiger partial charge in [-0.05, 0) is 38.8 Å². The molecule has 2 aliphatic rings. The van der Waals surface area contributed by atoms with Gasteiger partial charge in [0.05, 0.1) is 13.2 Å². The number of nitrogens with zero attached hydrogens (tertiary/aromatic N) is 5. The second-order valence-electron chi connectivity index (χ2n) is 7.00. The number of aliphatic hydroxyl groups excluding tert-OH is 1. The number of aliphatic hydroxyl groups is 1. The van der Waals surface area contributed by atoms with E-state index in [4.69, 9.17) is 5.11 Å². The number of carbonyl (C=O) groups excluding carboxylic acids is 1. The molecule has 0 bridgehead atoms. The van der Waals surface area contributed by atoms with Crippen molar-refractivity contribution in [1.82, 2.24) is 24.6 Å². The second-order valence-corrected chi connectivity index (χ2v) is 7.00. The van der Waals surface area contributed by atoms with Gasteiger partial charge >= 0.3 is 0 Å². The van der Waals surface area contributed by atoms with Gasteiger partial charge in [-0.1, -0.05) is 6.42 Å². The number of carbonyl (C=O) groups is 1. The molecule has 0 unspecified atom stereocenters. The summed E-state index contributed by atoms with van der Waals surface area (Å²) in [6.45, 7) is 4.63. The van der Waals surface area contributed by atoms with Crippen LogP contribution >= 0.6 is 0 Å². The van der Waals surface area contributed by atoms with Crippen LogP contribution in [0.2, 0.25) is 0 Å². The van der Waals surface area contributed by atoms with Crippen molar-refractivity contribution in [2.75, 3.05) is 32.8 Å². The van der Waals surface area contributed by atoms with Gasteiger partial charge in [0.2, 0.25) is 5.91 Å². The maximum absolute atomic E-state index is 11.9. The van der Waals surface area contributed by atoms with Crippen molar-refractivity contribution in [3.05, 3.63) is 11.6 Å². The van der Waals surface area contributed by atoms with Gasteiger partial charge in [-0.3, -0.25) is 9.69 Å². The molecule has 0 radical (unpaired) electrons. The van der Waals surface area contributed by atoms with Gasteiger partial charge in [-0.15, -0.1) is 10.2 Å². The van der Waals surface area contributed by atoms with Crippen LogP contribution in [0.5, 0.6) is 0 Å². The molecule has 1 aromatic heterocycles. The van der Waals surface area contributed by atoms with Crippen molar-refractivity contribution in [1.29, 1.82) is 0 Å². The number of likely N-dealkylation sites (tertiary alicyclic amines) is 2. The third-order valence-electron chi connectivity index (χ3n) is 5.35. The topological polar surface area (TPSA) is 74.5 Å². The Balaban J connectivity index is 1.57. The smallest absolute Gasteiger partial charge is 0.224 e. The van der Waals surface area contributed by atoms with Crippen LogP contribution < -0.4 is 0 Å². The average Bonchev–Trinajstić information content (AvgIpc) is 2.97. The van der Waals surface area contributed by atoms with Crippen LogP contribution in [0.25, 0.3) is 0 Å². The van der Waals surface area contributed by atoms with Crippen molar-refractivity contribution >= 4 is 5.91 Å². The Labute approximate surface area is 143 Å². The van der Waals surface area contributed by atoms with E-state index < -0.39 is 0 Å². The van der Waals surface area contributed by atoms with E-state index in [2.05, 4.69) is 26.7 Å². The van der Waals surface area contributed by atoms with Gasteiger partial charge in [0.25, 0.3) is 0 Å². The maximum Gasteiger partial charge on any atom is 0.224 e. The fourth-order valence-electron chi connectivity index (χ4n) is 3.83. The van der Waals surface area contributed by atoms with Gasteiger partial charge < -0.3 is 14.6 Å². The van der Waals surface area contributed by atoms with E-state index in [1.807, 2.05) is 4.90 Å². The molecule has 2 aliphatic heterocycles. The van der Waals surface area contributed by atoms with Crippen molar-refractivity contribution in [3.8, 4) is 0 Å². The molecule has 3 rings (SSSR count). The highest BCUT2D eigenvalue weighted by atomic mass is 16.3. The largest absolute Gasteiger partial charge is 0.396 e. The fraction of sp³-hybridized carbons (Fsp3) is 0.824. The minimum Gasteiger partial charge on any atom is -0.396 e. The molecule has 0 spiro atoms. The number of hydrogen-bond donors (Lipinski definition) is 1. The molecule has 1 N–H and O–H groups in total. The minimum atomic E-state index is -0.0676. The van der Waals surface area contributed by atoms with Crippen LogP contribution in [0.1, 0.15) is 56.1 Å².